The molecule has 0 aliphatic carbocycles. The lowest BCUT2D eigenvalue weighted by atomic mass is 10.2. The van der Waals surface area contributed by atoms with Gasteiger partial charge in [0.05, 0.1) is 11.2 Å². The van der Waals surface area contributed by atoms with Crippen LogP contribution >= 0.6 is 23.8 Å². The Labute approximate surface area is 168 Å². The van der Waals surface area contributed by atoms with E-state index >= 15 is 0 Å². The highest BCUT2D eigenvalue weighted by atomic mass is 35.5. The lowest BCUT2D eigenvalue weighted by molar-refractivity contribution is 0.306. The van der Waals surface area contributed by atoms with Crippen LogP contribution in [0.1, 0.15) is 11.1 Å². The minimum Gasteiger partial charge on any atom is -0.487 e. The van der Waals surface area contributed by atoms with Crippen LogP contribution < -0.4 is 15.5 Å². The zero-order valence-electron chi connectivity index (χ0n) is 14.4. The summed E-state index contributed by atoms with van der Waals surface area (Å²) in [6, 6.07) is 25.1. The molecule has 3 aromatic rings. The van der Waals surface area contributed by atoms with Gasteiger partial charge in [-0.1, -0.05) is 60.1 Å². The van der Waals surface area contributed by atoms with Gasteiger partial charge in [0, 0.05) is 5.69 Å². The Morgan fingerprint density at radius 1 is 1.00 bits per heavy atom. The lowest BCUT2D eigenvalue weighted by Gasteiger charge is -2.09. The first-order chi connectivity index (χ1) is 13.2. The van der Waals surface area contributed by atoms with Gasteiger partial charge in [-0.05, 0) is 53.7 Å². The number of para-hydroxylation sites is 1. The Morgan fingerprint density at radius 2 is 1.70 bits per heavy atom. The van der Waals surface area contributed by atoms with Gasteiger partial charge in [0.2, 0.25) is 0 Å². The van der Waals surface area contributed by atoms with Gasteiger partial charge in [0.1, 0.15) is 12.4 Å². The summed E-state index contributed by atoms with van der Waals surface area (Å²) in [5.74, 6) is 0.631. The van der Waals surface area contributed by atoms with Crippen LogP contribution in [0.5, 0.6) is 5.75 Å². The number of thiocarbonyl (C=S) groups is 1. The number of nitrogens with one attached hydrogen (secondary N) is 2. The molecule has 2 N–H and O–H groups in total. The van der Waals surface area contributed by atoms with E-state index in [0.29, 0.717) is 22.5 Å². The number of hydrazone groups is 1. The van der Waals surface area contributed by atoms with E-state index in [1.807, 2.05) is 72.8 Å². The summed E-state index contributed by atoms with van der Waals surface area (Å²) in [5.41, 5.74) is 5.59. The van der Waals surface area contributed by atoms with Gasteiger partial charge in [-0.3, -0.25) is 5.43 Å². The molecule has 0 aliphatic rings. The standard InChI is InChI=1S/C21H18ClN3OS/c22-19-13-17(11-12-20(19)26-15-16-7-3-1-4-8-16)14-23-25-21(27)24-18-9-5-2-6-10-18/h1-14H,15H2,(H2,24,25,27)/b23-14+. The van der Waals surface area contributed by atoms with Crippen LogP contribution in [0.2, 0.25) is 5.02 Å². The Kier molecular flexibility index (Phi) is 6.79. The van der Waals surface area contributed by atoms with Crippen LogP contribution in [0, 0.1) is 0 Å². The number of ether oxygens (including phenoxy) is 1. The molecule has 0 aromatic heterocycles. The third-order valence-electron chi connectivity index (χ3n) is 3.60. The van der Waals surface area contributed by atoms with E-state index in [1.165, 1.54) is 0 Å². The average molecular weight is 396 g/mol. The van der Waals surface area contributed by atoms with Gasteiger partial charge < -0.3 is 10.1 Å². The minimum absolute atomic E-state index is 0.409. The minimum atomic E-state index is 0.409. The zero-order valence-corrected chi connectivity index (χ0v) is 16.0. The van der Waals surface area contributed by atoms with E-state index in [9.17, 15) is 0 Å². The van der Waals surface area contributed by atoms with Gasteiger partial charge in [0.25, 0.3) is 0 Å². The van der Waals surface area contributed by atoms with Crippen LogP contribution in [-0.4, -0.2) is 11.3 Å². The van der Waals surface area contributed by atoms with Crippen molar-refractivity contribution in [2.24, 2.45) is 5.10 Å². The molecule has 0 atom stereocenters. The maximum atomic E-state index is 6.30. The molecule has 0 amide bonds. The van der Waals surface area contributed by atoms with E-state index in [1.54, 1.807) is 12.3 Å². The molecule has 0 aliphatic heterocycles. The molecule has 27 heavy (non-hydrogen) atoms. The fourth-order valence-electron chi connectivity index (χ4n) is 2.30. The predicted octanol–water partition coefficient (Wildman–Crippen LogP) is 5.24. The van der Waals surface area contributed by atoms with Crippen LogP contribution in [-0.2, 0) is 6.61 Å². The van der Waals surface area contributed by atoms with Gasteiger partial charge in [0.15, 0.2) is 5.11 Å². The van der Waals surface area contributed by atoms with Gasteiger partial charge in [-0.2, -0.15) is 5.10 Å². The van der Waals surface area contributed by atoms with E-state index in [4.69, 9.17) is 28.6 Å². The predicted molar refractivity (Wildman–Crippen MR) is 116 cm³/mol. The van der Waals surface area contributed by atoms with Gasteiger partial charge >= 0.3 is 0 Å². The monoisotopic (exact) mass is 395 g/mol. The smallest absolute Gasteiger partial charge is 0.191 e. The molecule has 0 fully saturated rings. The molecule has 0 bridgehead atoms. The summed E-state index contributed by atoms with van der Waals surface area (Å²) in [6.07, 6.45) is 1.64. The van der Waals surface area contributed by atoms with Crippen LogP contribution in [0.3, 0.4) is 0 Å². The molecule has 0 spiro atoms. The van der Waals surface area contributed by atoms with Gasteiger partial charge in [-0.15, -0.1) is 0 Å². The van der Waals surface area contributed by atoms with Crippen molar-refractivity contribution >= 4 is 40.8 Å². The number of anilines is 1. The summed E-state index contributed by atoms with van der Waals surface area (Å²) in [5, 5.41) is 8.10. The van der Waals surface area contributed by atoms with Crippen LogP contribution in [0.25, 0.3) is 0 Å². The van der Waals surface area contributed by atoms with E-state index in [2.05, 4.69) is 15.8 Å². The molecule has 3 rings (SSSR count). The maximum absolute atomic E-state index is 6.30. The summed E-state index contributed by atoms with van der Waals surface area (Å²) < 4.78 is 5.76. The lowest BCUT2D eigenvalue weighted by Crippen LogP contribution is -2.23. The highest BCUT2D eigenvalue weighted by molar-refractivity contribution is 7.80. The Hall–Kier alpha value is -2.89. The number of hydrogen-bond acceptors (Lipinski definition) is 3. The number of benzene rings is 3. The zero-order chi connectivity index (χ0) is 18.9. The fraction of sp³-hybridized carbons (Fsp3) is 0.0476. The molecule has 136 valence electrons. The maximum Gasteiger partial charge on any atom is 0.191 e. The molecule has 6 heteroatoms. The van der Waals surface area contributed by atoms with Crippen molar-refractivity contribution in [3.05, 3.63) is 95.0 Å². The van der Waals surface area contributed by atoms with Crippen molar-refractivity contribution < 1.29 is 4.74 Å². The summed E-state index contributed by atoms with van der Waals surface area (Å²) in [4.78, 5) is 0. The first kappa shape index (κ1) is 18.9. The summed E-state index contributed by atoms with van der Waals surface area (Å²) in [7, 11) is 0. The molecule has 0 saturated heterocycles. The number of rotatable bonds is 6. The topological polar surface area (TPSA) is 45.7 Å². The van der Waals surface area contributed by atoms with Crippen molar-refractivity contribution in [1.29, 1.82) is 0 Å². The second-order valence-corrected chi connectivity index (χ2v) is 6.47. The summed E-state index contributed by atoms with van der Waals surface area (Å²) in [6.45, 7) is 0.467. The number of hydrogen-bond donors (Lipinski definition) is 2. The SMILES string of the molecule is S=C(N/N=C/c1ccc(OCc2ccccc2)c(Cl)c1)Nc1ccccc1. The Morgan fingerprint density at radius 3 is 2.41 bits per heavy atom. The Balaban J connectivity index is 1.52. The highest BCUT2D eigenvalue weighted by Crippen LogP contribution is 2.25. The van der Waals surface area contributed by atoms with Crippen molar-refractivity contribution in [3.8, 4) is 5.75 Å². The van der Waals surface area contributed by atoms with E-state index < -0.39 is 0 Å². The second-order valence-electron chi connectivity index (χ2n) is 5.65. The molecule has 0 heterocycles. The number of nitrogens with zero attached hydrogens (tertiary/aromatic N) is 1. The highest BCUT2D eigenvalue weighted by Gasteiger charge is 2.03. The van der Waals surface area contributed by atoms with Crippen molar-refractivity contribution in [3.63, 3.8) is 0 Å². The molecule has 4 nitrogen and oxygen atoms in total. The second kappa shape index (κ2) is 9.71. The quantitative estimate of drug-likeness (QED) is 0.340. The van der Waals surface area contributed by atoms with Crippen molar-refractivity contribution in [2.75, 3.05) is 5.32 Å². The number of halogens is 1. The van der Waals surface area contributed by atoms with Crippen LogP contribution in [0.15, 0.2) is 84.0 Å². The van der Waals surface area contributed by atoms with E-state index in [-0.39, 0.29) is 0 Å². The molecule has 0 saturated carbocycles. The molecule has 0 radical (unpaired) electrons. The first-order valence-electron chi connectivity index (χ1n) is 8.32. The molecule has 0 unspecified atom stereocenters. The molecule has 3 aromatic carbocycles. The largest absolute Gasteiger partial charge is 0.487 e. The third-order valence-corrected chi connectivity index (χ3v) is 4.09. The van der Waals surface area contributed by atoms with Gasteiger partial charge in [-0.25, -0.2) is 0 Å². The normalized spacial score (nSPS) is 10.6. The summed E-state index contributed by atoms with van der Waals surface area (Å²) >= 11 is 11.5. The van der Waals surface area contributed by atoms with E-state index in [0.717, 1.165) is 16.8 Å². The van der Waals surface area contributed by atoms with Crippen molar-refractivity contribution in [1.82, 2.24) is 5.43 Å². The fourth-order valence-corrected chi connectivity index (χ4v) is 2.71. The molecular weight excluding hydrogens is 378 g/mol. The molecular formula is C21H18ClN3OS. The van der Waals surface area contributed by atoms with Crippen molar-refractivity contribution in [2.45, 2.75) is 6.61 Å². The Bertz CT molecular complexity index is 917. The first-order valence-corrected chi connectivity index (χ1v) is 9.11. The average Bonchev–Trinajstić information content (AvgIpc) is 2.69. The van der Waals surface area contributed by atoms with Crippen LogP contribution in [0.4, 0.5) is 5.69 Å². The third kappa shape index (κ3) is 6.09.